The van der Waals surface area contributed by atoms with Crippen LogP contribution in [0.15, 0.2) is 24.8 Å². The van der Waals surface area contributed by atoms with Gasteiger partial charge in [-0.15, -0.1) is 6.58 Å². The molecule has 2 N–H and O–H groups in total. The third-order valence-electron chi connectivity index (χ3n) is 4.68. The molecule has 0 aliphatic carbocycles. The zero-order valence-electron chi connectivity index (χ0n) is 21.0. The largest absolute Gasteiger partial charge is 0.362 e. The molecule has 0 saturated heterocycles. The molecule has 0 fully saturated rings. The minimum absolute atomic E-state index is 0. The third-order valence-corrected chi connectivity index (χ3v) is 4.68. The number of aliphatic hydroxyl groups is 2. The van der Waals surface area contributed by atoms with Gasteiger partial charge in [-0.05, 0) is 46.0 Å². The lowest BCUT2D eigenvalue weighted by Gasteiger charge is -1.97. The van der Waals surface area contributed by atoms with Gasteiger partial charge in [-0.3, -0.25) is 4.79 Å². The van der Waals surface area contributed by atoms with Crippen molar-refractivity contribution < 1.29 is 19.8 Å². The van der Waals surface area contributed by atoms with Crippen LogP contribution in [-0.4, -0.2) is 28.1 Å². The van der Waals surface area contributed by atoms with Crippen molar-refractivity contribution in [2.45, 2.75) is 144 Å². The fourth-order valence-corrected chi connectivity index (χ4v) is 2.63. The zero-order chi connectivity index (χ0) is 24.2. The first kappa shape index (κ1) is 38.0. The molecule has 0 aliphatic heterocycles. The van der Waals surface area contributed by atoms with Crippen molar-refractivity contribution in [1.29, 1.82) is 0 Å². The molecular weight excluding hydrogens is 400 g/mol. The molecule has 0 aromatic heterocycles. The van der Waals surface area contributed by atoms with E-state index in [2.05, 4.69) is 32.6 Å². The summed E-state index contributed by atoms with van der Waals surface area (Å²) < 4.78 is 0. The monoisotopic (exact) mass is 456 g/mol. The quantitative estimate of drug-likeness (QED) is 0.124. The average molecular weight is 457 g/mol. The summed E-state index contributed by atoms with van der Waals surface area (Å²) in [7, 11) is 0. The minimum atomic E-state index is -1.79. The second-order valence-corrected chi connectivity index (χ2v) is 8.10. The van der Waals surface area contributed by atoms with E-state index in [4.69, 9.17) is 10.2 Å². The molecule has 0 radical (unpaired) electrons. The highest BCUT2D eigenvalue weighted by Gasteiger charge is 1.99. The van der Waals surface area contributed by atoms with Gasteiger partial charge in [-0.25, -0.2) is 0 Å². The molecule has 0 aliphatic rings. The highest BCUT2D eigenvalue weighted by atomic mass is 16.5. The number of carbonyl (C=O) groups excluding carboxylic acids is 2. The number of aliphatic hydroxyl groups excluding tert-OH is 1. The van der Waals surface area contributed by atoms with Crippen LogP contribution in [0.2, 0.25) is 0 Å². The van der Waals surface area contributed by atoms with Crippen LogP contribution >= 0.6 is 0 Å². The lowest BCUT2D eigenvalue weighted by atomic mass is 10.1. The molecule has 0 atom stereocenters. The number of allylic oxidation sites excluding steroid dienone is 3. The van der Waals surface area contributed by atoms with Crippen molar-refractivity contribution in [3.8, 4) is 0 Å². The second kappa shape index (κ2) is 34.4. The Morgan fingerprint density at radius 3 is 1.47 bits per heavy atom. The Kier molecular flexibility index (Phi) is 40.8. The Balaban J connectivity index is -0.000000199. The van der Waals surface area contributed by atoms with Gasteiger partial charge in [-0.1, -0.05) is 104 Å². The van der Waals surface area contributed by atoms with Crippen molar-refractivity contribution >= 4 is 11.6 Å². The highest BCUT2D eigenvalue weighted by molar-refractivity contribution is 5.78. The minimum Gasteiger partial charge on any atom is -0.362 e. The maximum atomic E-state index is 10.6. The summed E-state index contributed by atoms with van der Waals surface area (Å²) in [5.74, 6) is -0.339. The maximum absolute atomic E-state index is 10.6. The smallest absolute Gasteiger partial charge is 0.212 e. The molecule has 0 bridgehead atoms. The first-order chi connectivity index (χ1) is 14.8. The highest BCUT2D eigenvalue weighted by Crippen LogP contribution is 2.08. The molecule has 32 heavy (non-hydrogen) atoms. The molecule has 0 saturated carbocycles. The van der Waals surface area contributed by atoms with Crippen LogP contribution in [0.5, 0.6) is 0 Å². The Morgan fingerprint density at radius 2 is 1.09 bits per heavy atom. The number of unbranched alkanes of at least 4 members (excludes halogenated alkanes) is 12. The van der Waals surface area contributed by atoms with Crippen LogP contribution in [0.3, 0.4) is 0 Å². The Morgan fingerprint density at radius 1 is 0.719 bits per heavy atom. The number of hydrogen-bond donors (Lipinski definition) is 2. The molecule has 4 nitrogen and oxygen atoms in total. The van der Waals surface area contributed by atoms with E-state index in [0.717, 1.165) is 13.3 Å². The van der Waals surface area contributed by atoms with E-state index < -0.39 is 12.1 Å². The van der Waals surface area contributed by atoms with Crippen LogP contribution in [-0.2, 0) is 9.59 Å². The topological polar surface area (TPSA) is 74.6 Å². The number of rotatable bonds is 18. The van der Waals surface area contributed by atoms with Crippen molar-refractivity contribution in [3.05, 3.63) is 24.8 Å². The summed E-state index contributed by atoms with van der Waals surface area (Å²) in [5, 5.41) is 15.7. The molecular formula is C28H56O4. The standard InChI is InChI=1S/C14H26O.C10H20.C3H6O3.CH4/c1-3-4-5-6-7-8-9-10-11-12-13-14(2)15;1-3-5-7-9-10-8-6-4-2;1-2(4)3(5)6;/h10-11H,3-9,12-13H2,1-2H3;3H,1,4-10H2,2H3;3,5-6H,1H3;1H4. The van der Waals surface area contributed by atoms with E-state index in [1.807, 2.05) is 6.08 Å². The van der Waals surface area contributed by atoms with Gasteiger partial charge in [0.2, 0.25) is 6.29 Å². The molecule has 0 unspecified atom stereocenters. The van der Waals surface area contributed by atoms with E-state index in [0.29, 0.717) is 12.2 Å². The Labute approximate surface area is 200 Å². The normalized spacial score (nSPS) is 9.97. The Hall–Kier alpha value is -1.26. The van der Waals surface area contributed by atoms with Crippen molar-refractivity contribution in [2.75, 3.05) is 0 Å². The first-order valence-corrected chi connectivity index (χ1v) is 12.4. The van der Waals surface area contributed by atoms with E-state index >= 15 is 0 Å². The summed E-state index contributed by atoms with van der Waals surface area (Å²) in [6.45, 7) is 11.0. The first-order valence-electron chi connectivity index (χ1n) is 12.4. The van der Waals surface area contributed by atoms with Gasteiger partial charge in [0.1, 0.15) is 5.78 Å². The second-order valence-electron chi connectivity index (χ2n) is 8.10. The van der Waals surface area contributed by atoms with Gasteiger partial charge < -0.3 is 15.0 Å². The summed E-state index contributed by atoms with van der Waals surface area (Å²) >= 11 is 0. The van der Waals surface area contributed by atoms with Crippen LogP contribution in [0.1, 0.15) is 138 Å². The van der Waals surface area contributed by atoms with Crippen LogP contribution in [0.25, 0.3) is 0 Å². The van der Waals surface area contributed by atoms with Crippen molar-refractivity contribution in [3.63, 3.8) is 0 Å². The predicted octanol–water partition coefficient (Wildman–Crippen LogP) is 8.11. The molecule has 0 rings (SSSR count). The fraction of sp³-hybridized carbons (Fsp3) is 0.786. The molecule has 4 heteroatoms. The van der Waals surface area contributed by atoms with Gasteiger partial charge in [0, 0.05) is 6.42 Å². The molecule has 0 spiro atoms. The van der Waals surface area contributed by atoms with E-state index in [-0.39, 0.29) is 7.43 Å². The van der Waals surface area contributed by atoms with Crippen LogP contribution < -0.4 is 0 Å². The van der Waals surface area contributed by atoms with Crippen molar-refractivity contribution in [2.24, 2.45) is 0 Å². The van der Waals surface area contributed by atoms with Crippen LogP contribution in [0.4, 0.5) is 0 Å². The number of carbonyl (C=O) groups is 2. The van der Waals surface area contributed by atoms with Gasteiger partial charge >= 0.3 is 0 Å². The lowest BCUT2D eigenvalue weighted by molar-refractivity contribution is -0.142. The predicted molar refractivity (Wildman–Crippen MR) is 141 cm³/mol. The zero-order valence-corrected chi connectivity index (χ0v) is 21.0. The number of ketones is 2. The summed E-state index contributed by atoms with van der Waals surface area (Å²) in [4.78, 5) is 20.3. The molecule has 192 valence electrons. The van der Waals surface area contributed by atoms with Crippen molar-refractivity contribution in [1.82, 2.24) is 0 Å². The number of hydrogen-bond acceptors (Lipinski definition) is 4. The maximum Gasteiger partial charge on any atom is 0.212 e. The Bertz CT molecular complexity index is 414. The summed E-state index contributed by atoms with van der Waals surface area (Å²) in [6.07, 6.45) is 25.1. The van der Waals surface area contributed by atoms with Gasteiger partial charge in [0.05, 0.1) is 0 Å². The fourth-order valence-electron chi connectivity index (χ4n) is 2.63. The van der Waals surface area contributed by atoms with E-state index in [1.54, 1.807) is 6.92 Å². The van der Waals surface area contributed by atoms with Gasteiger partial charge in [-0.2, -0.15) is 0 Å². The van der Waals surface area contributed by atoms with E-state index in [1.165, 1.54) is 89.9 Å². The molecule has 0 heterocycles. The van der Waals surface area contributed by atoms with Crippen LogP contribution in [0, 0.1) is 0 Å². The number of Topliss-reactive ketones (excluding diaryl/α,β-unsaturated/α-hetero) is 2. The van der Waals surface area contributed by atoms with Gasteiger partial charge in [0.25, 0.3) is 0 Å². The summed E-state index contributed by atoms with van der Waals surface area (Å²) in [5.41, 5.74) is 0. The lowest BCUT2D eigenvalue weighted by Crippen LogP contribution is -2.14. The SMILES string of the molecule is C.C=CCCCCCCCC.CC(=O)C(O)O.CCCCCCCCC=CCCC(C)=O. The van der Waals surface area contributed by atoms with Gasteiger partial charge in [0.15, 0.2) is 5.78 Å². The summed E-state index contributed by atoms with van der Waals surface area (Å²) in [6, 6.07) is 0. The average Bonchev–Trinajstić information content (AvgIpc) is 2.72. The molecule has 0 amide bonds. The molecule has 0 aromatic rings. The third kappa shape index (κ3) is 46.8. The molecule has 0 aromatic carbocycles. The van der Waals surface area contributed by atoms with E-state index in [9.17, 15) is 9.59 Å².